The fraction of sp³-hybridized carbons (Fsp3) is 0.500. The molecule has 2 aromatic heterocycles. The molecule has 1 unspecified atom stereocenters. The van der Waals surface area contributed by atoms with Crippen LogP contribution in [0.5, 0.6) is 0 Å². The second-order valence-corrected chi connectivity index (χ2v) is 11.7. The number of carbonyl (C=O) groups excluding carboxylic acids is 1. The first-order valence-corrected chi connectivity index (χ1v) is 15.1. The normalized spacial score (nSPS) is 20.9. The van der Waals surface area contributed by atoms with Crippen molar-refractivity contribution in [3.05, 3.63) is 71.0 Å². The number of benzene rings is 1. The highest BCUT2D eigenvalue weighted by atomic mass is 31.2. The molecule has 1 aliphatic rings. The molecule has 1 fully saturated rings. The van der Waals surface area contributed by atoms with Crippen molar-refractivity contribution in [2.75, 3.05) is 19.0 Å². The van der Waals surface area contributed by atoms with Crippen LogP contribution in [-0.2, 0) is 25.1 Å². The van der Waals surface area contributed by atoms with Crippen molar-refractivity contribution in [3.8, 4) is 6.07 Å². The summed E-state index contributed by atoms with van der Waals surface area (Å²) in [6.07, 6.45) is 1.80. The van der Waals surface area contributed by atoms with Crippen molar-refractivity contribution in [1.82, 2.24) is 29.2 Å². The molecule has 1 aliphatic heterocycles. The number of amides is 1. The zero-order valence-electron chi connectivity index (χ0n) is 24.8. The molecule has 1 saturated heterocycles. The van der Waals surface area contributed by atoms with Gasteiger partial charge in [0.25, 0.3) is 14.4 Å². The summed E-state index contributed by atoms with van der Waals surface area (Å²) in [5.74, 6) is -0.284. The Morgan fingerprint density at radius 1 is 1.14 bits per heavy atom. The largest absolute Gasteiger partial charge is 0.374 e. The Labute approximate surface area is 251 Å². The number of hydrogen-bond acceptors (Lipinski definition) is 11. The molecule has 5 atom stereocenters. The van der Waals surface area contributed by atoms with Crippen LogP contribution in [0.3, 0.4) is 0 Å². The van der Waals surface area contributed by atoms with E-state index in [1.807, 2.05) is 33.8 Å². The van der Waals surface area contributed by atoms with Crippen LogP contribution in [0, 0.1) is 11.3 Å². The molecule has 1 N–H and O–H groups in total. The first-order valence-electron chi connectivity index (χ1n) is 14.0. The monoisotopic (exact) mass is 612 g/mol. The molecule has 43 heavy (non-hydrogen) atoms. The number of carbonyl (C=O) groups is 1. The predicted octanol–water partition coefficient (Wildman–Crippen LogP) is 3.36. The zero-order chi connectivity index (χ0) is 30.9. The Morgan fingerprint density at radius 3 is 2.44 bits per heavy atom. The minimum atomic E-state index is -1.66. The zero-order valence-corrected chi connectivity index (χ0v) is 25.7. The average Bonchev–Trinajstić information content (AvgIpc) is 3.61. The van der Waals surface area contributed by atoms with E-state index in [2.05, 4.69) is 31.2 Å². The Hall–Kier alpha value is -3.57. The van der Waals surface area contributed by atoms with Crippen LogP contribution in [0.2, 0.25) is 0 Å². The third-order valence-corrected chi connectivity index (χ3v) is 8.75. The first kappa shape index (κ1) is 32.3. The van der Waals surface area contributed by atoms with Crippen LogP contribution in [-0.4, -0.2) is 79.2 Å². The molecule has 4 rings (SSSR count). The van der Waals surface area contributed by atoms with Crippen molar-refractivity contribution in [2.24, 2.45) is 0 Å². The van der Waals surface area contributed by atoms with Crippen LogP contribution < -0.4 is 11.0 Å². The van der Waals surface area contributed by atoms with Crippen LogP contribution in [0.4, 0.5) is 5.82 Å². The van der Waals surface area contributed by atoms with Crippen molar-refractivity contribution >= 4 is 20.3 Å². The summed E-state index contributed by atoms with van der Waals surface area (Å²) in [5, 5.41) is 20.2. The minimum Gasteiger partial charge on any atom is -0.374 e. The number of nitrogens with one attached hydrogen (secondary N) is 1. The SMILES string of the molecule is CO[C@@H]1[C@H](OP(OCCC#N)N(C(C)C)C(C)C)[C@@H](Cn2nccn2)O[C@H]1n1ccc(NC(=O)c2ccccc2)nc1=O. The number of methoxy groups -OCH3 is 1. The molecule has 1 amide bonds. The van der Waals surface area contributed by atoms with Gasteiger partial charge >= 0.3 is 5.69 Å². The smallest absolute Gasteiger partial charge is 0.351 e. The summed E-state index contributed by atoms with van der Waals surface area (Å²) in [6.45, 7) is 8.58. The van der Waals surface area contributed by atoms with E-state index in [0.717, 1.165) is 0 Å². The maximum Gasteiger partial charge on any atom is 0.351 e. The number of nitriles is 1. The van der Waals surface area contributed by atoms with E-state index in [-0.39, 0.29) is 43.4 Å². The topological polar surface area (TPSA) is 159 Å². The van der Waals surface area contributed by atoms with Crippen molar-refractivity contribution in [3.63, 3.8) is 0 Å². The fourth-order valence-electron chi connectivity index (χ4n) is 4.81. The molecule has 14 nitrogen and oxygen atoms in total. The van der Waals surface area contributed by atoms with Gasteiger partial charge in [-0.1, -0.05) is 18.2 Å². The fourth-order valence-corrected chi connectivity index (χ4v) is 6.58. The van der Waals surface area contributed by atoms with Crippen LogP contribution >= 0.6 is 8.53 Å². The lowest BCUT2D eigenvalue weighted by atomic mass is 10.1. The minimum absolute atomic E-state index is 0.0732. The molecule has 3 aromatic rings. The Kier molecular flexibility index (Phi) is 11.5. The molecule has 3 heterocycles. The highest BCUT2D eigenvalue weighted by Crippen LogP contribution is 2.50. The van der Waals surface area contributed by atoms with Gasteiger partial charge < -0.3 is 23.8 Å². The number of rotatable bonds is 14. The van der Waals surface area contributed by atoms with Gasteiger partial charge in [0.15, 0.2) is 6.23 Å². The molecule has 0 saturated carbocycles. The molecule has 0 aliphatic carbocycles. The van der Waals surface area contributed by atoms with Crippen LogP contribution in [0.1, 0.15) is 50.7 Å². The molecular formula is C28H37N8O6P. The maximum absolute atomic E-state index is 13.3. The molecule has 0 bridgehead atoms. The van der Waals surface area contributed by atoms with Gasteiger partial charge in [0.1, 0.15) is 24.1 Å². The Balaban J connectivity index is 1.62. The van der Waals surface area contributed by atoms with E-state index in [4.69, 9.17) is 23.8 Å². The van der Waals surface area contributed by atoms with Gasteiger partial charge in [-0.05, 0) is 45.9 Å². The maximum atomic E-state index is 13.3. The van der Waals surface area contributed by atoms with E-state index >= 15 is 0 Å². The quantitative estimate of drug-likeness (QED) is 0.210. The average molecular weight is 613 g/mol. The van der Waals surface area contributed by atoms with Gasteiger partial charge in [-0.3, -0.25) is 9.36 Å². The van der Waals surface area contributed by atoms with Crippen LogP contribution in [0.25, 0.3) is 0 Å². The van der Waals surface area contributed by atoms with E-state index in [1.165, 1.54) is 28.7 Å². The van der Waals surface area contributed by atoms with Crippen molar-refractivity contribution < 1.29 is 23.3 Å². The second kappa shape index (κ2) is 15.2. The Morgan fingerprint density at radius 2 is 1.84 bits per heavy atom. The van der Waals surface area contributed by atoms with Gasteiger partial charge in [0, 0.05) is 31.0 Å². The summed E-state index contributed by atoms with van der Waals surface area (Å²) in [7, 11) is -0.145. The lowest BCUT2D eigenvalue weighted by Crippen LogP contribution is -2.41. The summed E-state index contributed by atoms with van der Waals surface area (Å²) < 4.78 is 28.5. The van der Waals surface area contributed by atoms with Crippen LogP contribution in [0.15, 0.2) is 59.8 Å². The first-order chi connectivity index (χ1) is 20.7. The molecular weight excluding hydrogens is 575 g/mol. The third-order valence-electron chi connectivity index (χ3n) is 6.62. The molecule has 1 aromatic carbocycles. The lowest BCUT2D eigenvalue weighted by Gasteiger charge is -2.38. The molecule has 230 valence electrons. The van der Waals surface area contributed by atoms with E-state index in [0.29, 0.717) is 5.56 Å². The van der Waals surface area contributed by atoms with Gasteiger partial charge in [-0.25, -0.2) is 9.46 Å². The summed E-state index contributed by atoms with van der Waals surface area (Å²) >= 11 is 0. The number of anilines is 1. The van der Waals surface area contributed by atoms with Gasteiger partial charge in [-0.15, -0.1) is 0 Å². The number of aromatic nitrogens is 5. The standard InChI is InChI=1S/C28H37N8O6P/c1-19(2)36(20(3)4)43(40-17-9-13-29)42-24-22(18-35-30-14-15-31-35)41-27(25(24)39-5)34-16-12-23(33-28(34)38)32-26(37)21-10-7-6-8-11-21/h6-8,10-12,14-16,19-20,22,24-25,27H,9,17-18H2,1-5H3,(H,32,33,37,38)/t22-,24-,25-,27-,43?/m1/s1. The molecule has 15 heteroatoms. The lowest BCUT2D eigenvalue weighted by molar-refractivity contribution is -0.0569. The van der Waals surface area contributed by atoms with E-state index in [9.17, 15) is 9.59 Å². The third kappa shape index (κ3) is 8.08. The van der Waals surface area contributed by atoms with E-state index in [1.54, 1.807) is 36.7 Å². The van der Waals surface area contributed by atoms with Gasteiger partial charge in [-0.2, -0.15) is 25.2 Å². The number of hydrogen-bond donors (Lipinski definition) is 1. The number of nitrogens with zero attached hydrogens (tertiary/aromatic N) is 7. The molecule has 0 spiro atoms. The predicted molar refractivity (Wildman–Crippen MR) is 158 cm³/mol. The van der Waals surface area contributed by atoms with Gasteiger partial charge in [0.2, 0.25) is 0 Å². The highest BCUT2D eigenvalue weighted by Gasteiger charge is 2.50. The highest BCUT2D eigenvalue weighted by molar-refractivity contribution is 7.44. The second-order valence-electron chi connectivity index (χ2n) is 10.3. The van der Waals surface area contributed by atoms with Crippen molar-refractivity contribution in [1.29, 1.82) is 5.26 Å². The van der Waals surface area contributed by atoms with Gasteiger partial charge in [0.05, 0.1) is 38.0 Å². The summed E-state index contributed by atoms with van der Waals surface area (Å²) in [5.41, 5.74) is -0.208. The van der Waals surface area contributed by atoms with E-state index < -0.39 is 38.8 Å². The number of ether oxygens (including phenoxy) is 2. The molecule has 0 radical (unpaired) electrons. The van der Waals surface area contributed by atoms with Crippen molar-refractivity contribution in [2.45, 2.75) is 77.3 Å². The summed E-state index contributed by atoms with van der Waals surface area (Å²) in [6, 6.07) is 12.4. The Bertz CT molecular complexity index is 1410. The summed E-state index contributed by atoms with van der Waals surface area (Å²) in [4.78, 5) is 31.4.